The van der Waals surface area contributed by atoms with Crippen molar-refractivity contribution in [2.75, 3.05) is 26.3 Å². The van der Waals surface area contributed by atoms with Crippen LogP contribution in [0.1, 0.15) is 0 Å². The number of hydrazone groups is 1. The Balaban J connectivity index is 2.27. The van der Waals surface area contributed by atoms with Crippen LogP contribution in [0.5, 0.6) is 0 Å². The van der Waals surface area contributed by atoms with Gasteiger partial charge in [-0.05, 0) is 0 Å². The normalized spacial score (nSPS) is 19.3. The fourth-order valence-electron chi connectivity index (χ4n) is 0.777. The van der Waals surface area contributed by atoms with Gasteiger partial charge in [-0.3, -0.25) is 5.01 Å². The first-order valence-corrected chi connectivity index (χ1v) is 3.18. The fraction of sp³-hybridized carbons (Fsp3) is 0.667. The summed E-state index contributed by atoms with van der Waals surface area (Å²) in [6.45, 7) is 3.00. The summed E-state index contributed by atoms with van der Waals surface area (Å²) in [5.74, 6) is 0. The molecular formula is C6H9N3O. The predicted molar refractivity (Wildman–Crippen MR) is 36.5 cm³/mol. The molecule has 0 atom stereocenters. The summed E-state index contributed by atoms with van der Waals surface area (Å²) < 4.78 is 5.08. The quantitative estimate of drug-likeness (QED) is 0.474. The number of hydrogen-bond acceptors (Lipinski definition) is 4. The molecule has 0 unspecified atom stereocenters. The molecule has 0 spiro atoms. The summed E-state index contributed by atoms with van der Waals surface area (Å²) in [6, 6.07) is 1.84. The molecule has 1 saturated heterocycles. The summed E-state index contributed by atoms with van der Waals surface area (Å²) in [6.07, 6.45) is 1.24. The Labute approximate surface area is 59.7 Å². The van der Waals surface area contributed by atoms with Crippen LogP contribution < -0.4 is 0 Å². The van der Waals surface area contributed by atoms with E-state index >= 15 is 0 Å². The SMILES string of the molecule is N#CC=NN1CCOCC1. The van der Waals surface area contributed by atoms with Gasteiger partial charge in [0.2, 0.25) is 0 Å². The smallest absolute Gasteiger partial charge is 0.124 e. The number of ether oxygens (including phenoxy) is 1. The van der Waals surface area contributed by atoms with Crippen LogP contribution in [0.3, 0.4) is 0 Å². The number of nitriles is 1. The molecule has 0 aromatic rings. The highest BCUT2D eigenvalue weighted by Gasteiger charge is 2.05. The maximum Gasteiger partial charge on any atom is 0.124 e. The third kappa shape index (κ3) is 2.03. The van der Waals surface area contributed by atoms with Gasteiger partial charge >= 0.3 is 0 Å². The number of rotatable bonds is 1. The van der Waals surface area contributed by atoms with Gasteiger partial charge in [0.15, 0.2) is 0 Å². The molecule has 0 aromatic heterocycles. The van der Waals surface area contributed by atoms with Gasteiger partial charge in [0.05, 0.1) is 26.3 Å². The molecule has 1 fully saturated rings. The van der Waals surface area contributed by atoms with Gasteiger partial charge in [0.1, 0.15) is 12.3 Å². The van der Waals surface area contributed by atoms with Gasteiger partial charge in [0.25, 0.3) is 0 Å². The van der Waals surface area contributed by atoms with Crippen LogP contribution in [-0.2, 0) is 4.74 Å². The van der Waals surface area contributed by atoms with E-state index in [9.17, 15) is 0 Å². The van der Waals surface area contributed by atoms with Gasteiger partial charge in [-0.15, -0.1) is 0 Å². The van der Waals surface area contributed by atoms with E-state index in [1.54, 1.807) is 0 Å². The Hall–Kier alpha value is -1.08. The van der Waals surface area contributed by atoms with Crippen molar-refractivity contribution in [1.82, 2.24) is 5.01 Å². The lowest BCUT2D eigenvalue weighted by Crippen LogP contribution is -2.32. The zero-order valence-corrected chi connectivity index (χ0v) is 5.66. The lowest BCUT2D eigenvalue weighted by molar-refractivity contribution is 0.0397. The van der Waals surface area contributed by atoms with E-state index in [0.29, 0.717) is 13.2 Å². The molecule has 0 aromatic carbocycles. The average molecular weight is 139 g/mol. The summed E-state index contributed by atoms with van der Waals surface area (Å²) in [5, 5.41) is 13.8. The molecule has 1 aliphatic rings. The highest BCUT2D eigenvalue weighted by molar-refractivity contribution is 5.74. The second-order valence-corrected chi connectivity index (χ2v) is 1.94. The second-order valence-electron chi connectivity index (χ2n) is 1.94. The number of hydrogen-bond donors (Lipinski definition) is 0. The standard InChI is InChI=1S/C6H9N3O/c7-1-2-8-9-3-5-10-6-4-9/h2H,3-6H2. The summed E-state index contributed by atoms with van der Waals surface area (Å²) in [4.78, 5) is 0. The van der Waals surface area contributed by atoms with Crippen molar-refractivity contribution >= 4 is 6.21 Å². The van der Waals surface area contributed by atoms with Crippen LogP contribution in [0.2, 0.25) is 0 Å². The van der Waals surface area contributed by atoms with E-state index in [1.807, 2.05) is 11.1 Å². The zero-order chi connectivity index (χ0) is 7.23. The van der Waals surface area contributed by atoms with Crippen molar-refractivity contribution in [1.29, 1.82) is 5.26 Å². The minimum atomic E-state index is 0.711. The molecule has 54 valence electrons. The van der Waals surface area contributed by atoms with Crippen molar-refractivity contribution < 1.29 is 4.74 Å². The van der Waals surface area contributed by atoms with Crippen LogP contribution >= 0.6 is 0 Å². The molecule has 1 aliphatic heterocycles. The second kappa shape index (κ2) is 3.85. The first-order chi connectivity index (χ1) is 4.93. The molecule has 1 rings (SSSR count). The highest BCUT2D eigenvalue weighted by atomic mass is 16.5. The number of morpholine rings is 1. The Morgan fingerprint density at radius 1 is 1.50 bits per heavy atom. The van der Waals surface area contributed by atoms with E-state index in [0.717, 1.165) is 13.1 Å². The Morgan fingerprint density at radius 3 is 2.80 bits per heavy atom. The van der Waals surface area contributed by atoms with Crippen molar-refractivity contribution in [3.05, 3.63) is 0 Å². The van der Waals surface area contributed by atoms with Crippen LogP contribution in [-0.4, -0.2) is 37.5 Å². The molecule has 4 nitrogen and oxygen atoms in total. The Bertz CT molecular complexity index is 155. The van der Waals surface area contributed by atoms with Crippen LogP contribution in [0.25, 0.3) is 0 Å². The average Bonchev–Trinajstić information content (AvgIpc) is 2.03. The molecule has 0 amide bonds. The molecule has 10 heavy (non-hydrogen) atoms. The van der Waals surface area contributed by atoms with Gasteiger partial charge < -0.3 is 4.74 Å². The topological polar surface area (TPSA) is 48.6 Å². The van der Waals surface area contributed by atoms with E-state index in [4.69, 9.17) is 10.00 Å². The van der Waals surface area contributed by atoms with Crippen molar-refractivity contribution in [2.24, 2.45) is 5.10 Å². The largest absolute Gasteiger partial charge is 0.378 e. The van der Waals surface area contributed by atoms with Crippen molar-refractivity contribution in [3.63, 3.8) is 0 Å². The lowest BCUT2D eigenvalue weighted by Gasteiger charge is -2.22. The predicted octanol–water partition coefficient (Wildman–Crippen LogP) is -0.172. The maximum absolute atomic E-state index is 8.14. The van der Waals surface area contributed by atoms with Crippen LogP contribution in [0.4, 0.5) is 0 Å². The first-order valence-electron chi connectivity index (χ1n) is 3.18. The van der Waals surface area contributed by atoms with E-state index < -0.39 is 0 Å². The molecular weight excluding hydrogens is 130 g/mol. The Kier molecular flexibility index (Phi) is 2.71. The third-order valence-corrected chi connectivity index (χ3v) is 1.27. The minimum absolute atomic E-state index is 0.711. The van der Waals surface area contributed by atoms with Crippen LogP contribution in [0, 0.1) is 11.3 Å². The molecule has 4 heteroatoms. The minimum Gasteiger partial charge on any atom is -0.378 e. The monoisotopic (exact) mass is 139 g/mol. The van der Waals surface area contributed by atoms with Crippen LogP contribution in [0.15, 0.2) is 5.10 Å². The van der Waals surface area contributed by atoms with Crippen molar-refractivity contribution in [3.8, 4) is 6.07 Å². The van der Waals surface area contributed by atoms with E-state index in [2.05, 4.69) is 5.10 Å². The number of nitrogens with zero attached hydrogens (tertiary/aromatic N) is 3. The van der Waals surface area contributed by atoms with Gasteiger partial charge in [-0.2, -0.15) is 10.4 Å². The molecule has 0 bridgehead atoms. The van der Waals surface area contributed by atoms with Gasteiger partial charge in [-0.25, -0.2) is 0 Å². The molecule has 0 N–H and O–H groups in total. The van der Waals surface area contributed by atoms with Gasteiger partial charge in [0, 0.05) is 0 Å². The summed E-state index contributed by atoms with van der Waals surface area (Å²) in [7, 11) is 0. The molecule has 0 saturated carbocycles. The maximum atomic E-state index is 8.14. The third-order valence-electron chi connectivity index (χ3n) is 1.27. The fourth-order valence-corrected chi connectivity index (χ4v) is 0.777. The molecule has 0 radical (unpaired) electrons. The zero-order valence-electron chi connectivity index (χ0n) is 5.66. The Morgan fingerprint density at radius 2 is 2.20 bits per heavy atom. The summed E-state index contributed by atoms with van der Waals surface area (Å²) in [5.41, 5.74) is 0. The van der Waals surface area contributed by atoms with E-state index in [-0.39, 0.29) is 0 Å². The summed E-state index contributed by atoms with van der Waals surface area (Å²) >= 11 is 0. The highest BCUT2D eigenvalue weighted by Crippen LogP contribution is 1.95. The molecule has 1 heterocycles. The van der Waals surface area contributed by atoms with Crippen molar-refractivity contribution in [2.45, 2.75) is 0 Å². The van der Waals surface area contributed by atoms with E-state index in [1.165, 1.54) is 6.21 Å². The van der Waals surface area contributed by atoms with Gasteiger partial charge in [-0.1, -0.05) is 0 Å². The first kappa shape index (κ1) is 7.03. The molecule has 0 aliphatic carbocycles. The lowest BCUT2D eigenvalue weighted by atomic mass is 10.5.